The molecule has 0 aliphatic carbocycles. The lowest BCUT2D eigenvalue weighted by molar-refractivity contribution is 0.594. The summed E-state index contributed by atoms with van der Waals surface area (Å²) in [7, 11) is 0. The number of aromatic nitrogens is 1. The Kier molecular flexibility index (Phi) is 7.59. The maximum Gasteiger partial charge on any atom is 0.191 e. The minimum absolute atomic E-state index is 0.699. The van der Waals surface area contributed by atoms with E-state index in [0.29, 0.717) is 5.92 Å². The van der Waals surface area contributed by atoms with E-state index in [9.17, 15) is 0 Å². The van der Waals surface area contributed by atoms with Crippen molar-refractivity contribution in [1.29, 1.82) is 0 Å². The topological polar surface area (TPSA) is 49.3 Å². The van der Waals surface area contributed by atoms with E-state index in [0.717, 1.165) is 49.1 Å². The molecule has 0 aliphatic heterocycles. The predicted octanol–water partition coefficient (Wildman–Crippen LogP) is 2.90. The molecule has 0 saturated heterocycles. The van der Waals surface area contributed by atoms with Crippen LogP contribution in [0.25, 0.3) is 0 Å². The molecule has 0 radical (unpaired) electrons. The molecule has 5 heteroatoms. The summed E-state index contributed by atoms with van der Waals surface area (Å²) in [5.41, 5.74) is 1.16. The Morgan fingerprint density at radius 2 is 2.05 bits per heavy atom. The molecule has 0 unspecified atom stereocenters. The smallest absolute Gasteiger partial charge is 0.191 e. The molecule has 1 heterocycles. The molecule has 1 aromatic rings. The van der Waals surface area contributed by atoms with E-state index in [-0.39, 0.29) is 0 Å². The van der Waals surface area contributed by atoms with Gasteiger partial charge in [0.05, 0.1) is 10.7 Å². The molecular formula is C15H28N4S. The van der Waals surface area contributed by atoms with Crippen LogP contribution in [0.4, 0.5) is 0 Å². The highest BCUT2D eigenvalue weighted by Crippen LogP contribution is 2.16. The van der Waals surface area contributed by atoms with Gasteiger partial charge in [-0.15, -0.1) is 11.3 Å². The molecule has 20 heavy (non-hydrogen) atoms. The molecule has 0 saturated carbocycles. The Morgan fingerprint density at radius 1 is 1.30 bits per heavy atom. The maximum absolute atomic E-state index is 4.59. The second kappa shape index (κ2) is 8.95. The summed E-state index contributed by atoms with van der Waals surface area (Å²) in [4.78, 5) is 10.4. The number of thiazole rings is 1. The third kappa shape index (κ3) is 6.37. The summed E-state index contributed by atoms with van der Waals surface area (Å²) in [6.07, 6.45) is 2.13. The Balaban J connectivity index is 2.40. The number of rotatable bonds is 7. The molecule has 1 aromatic heterocycles. The van der Waals surface area contributed by atoms with Crippen LogP contribution in [0.15, 0.2) is 4.99 Å². The van der Waals surface area contributed by atoms with Crippen molar-refractivity contribution in [2.45, 2.75) is 47.5 Å². The number of aliphatic imine (C=N–C) groups is 1. The molecule has 0 amide bonds. The largest absolute Gasteiger partial charge is 0.357 e. The highest BCUT2D eigenvalue weighted by atomic mass is 32.1. The lowest BCUT2D eigenvalue weighted by Gasteiger charge is -2.11. The lowest BCUT2D eigenvalue weighted by Crippen LogP contribution is -2.38. The third-order valence-electron chi connectivity index (χ3n) is 2.96. The number of guanidine groups is 1. The molecule has 0 aliphatic rings. The zero-order chi connectivity index (χ0) is 15.0. The first-order valence-corrected chi connectivity index (χ1v) is 8.29. The van der Waals surface area contributed by atoms with Gasteiger partial charge in [0.25, 0.3) is 0 Å². The average molecular weight is 296 g/mol. The number of nitrogens with one attached hydrogen (secondary N) is 2. The van der Waals surface area contributed by atoms with Gasteiger partial charge in [0.2, 0.25) is 0 Å². The van der Waals surface area contributed by atoms with Gasteiger partial charge in [0, 0.05) is 30.9 Å². The number of hydrogen-bond donors (Lipinski definition) is 2. The van der Waals surface area contributed by atoms with Gasteiger partial charge in [0.1, 0.15) is 0 Å². The summed E-state index contributed by atoms with van der Waals surface area (Å²) in [6, 6.07) is 0. The van der Waals surface area contributed by atoms with Crippen LogP contribution in [0.1, 0.15) is 42.8 Å². The van der Waals surface area contributed by atoms with Crippen molar-refractivity contribution >= 4 is 17.3 Å². The van der Waals surface area contributed by atoms with E-state index in [1.54, 1.807) is 11.3 Å². The molecule has 2 N–H and O–H groups in total. The van der Waals surface area contributed by atoms with Crippen LogP contribution in [0.5, 0.6) is 0 Å². The SMILES string of the molecule is CCNC(=NCCC(C)C)NCCc1sc(C)nc1C. The Bertz CT molecular complexity index is 424. The second-order valence-electron chi connectivity index (χ2n) is 5.36. The molecule has 0 fully saturated rings. The van der Waals surface area contributed by atoms with Crippen molar-refractivity contribution in [3.8, 4) is 0 Å². The minimum atomic E-state index is 0.699. The van der Waals surface area contributed by atoms with Crippen LogP contribution < -0.4 is 10.6 Å². The van der Waals surface area contributed by atoms with Gasteiger partial charge in [-0.3, -0.25) is 4.99 Å². The zero-order valence-corrected chi connectivity index (χ0v) is 14.2. The average Bonchev–Trinajstić information content (AvgIpc) is 2.67. The Morgan fingerprint density at radius 3 is 2.60 bits per heavy atom. The highest BCUT2D eigenvalue weighted by molar-refractivity contribution is 7.11. The van der Waals surface area contributed by atoms with Gasteiger partial charge in [-0.25, -0.2) is 4.98 Å². The van der Waals surface area contributed by atoms with E-state index < -0.39 is 0 Å². The van der Waals surface area contributed by atoms with E-state index in [1.165, 1.54) is 4.88 Å². The third-order valence-corrected chi connectivity index (χ3v) is 4.10. The summed E-state index contributed by atoms with van der Waals surface area (Å²) in [6.45, 7) is 13.4. The normalized spacial score (nSPS) is 12.0. The molecule has 0 bridgehead atoms. The fraction of sp³-hybridized carbons (Fsp3) is 0.733. The Hall–Kier alpha value is -1.10. The van der Waals surface area contributed by atoms with E-state index in [1.807, 2.05) is 0 Å². The van der Waals surface area contributed by atoms with Crippen molar-refractivity contribution < 1.29 is 0 Å². The first-order valence-electron chi connectivity index (χ1n) is 7.48. The van der Waals surface area contributed by atoms with Crippen molar-refractivity contribution in [2.24, 2.45) is 10.9 Å². The summed E-state index contributed by atoms with van der Waals surface area (Å²) in [5.74, 6) is 1.62. The van der Waals surface area contributed by atoms with Crippen molar-refractivity contribution in [2.75, 3.05) is 19.6 Å². The van der Waals surface area contributed by atoms with Gasteiger partial charge in [-0.1, -0.05) is 13.8 Å². The van der Waals surface area contributed by atoms with Crippen molar-refractivity contribution in [1.82, 2.24) is 15.6 Å². The first kappa shape index (κ1) is 17.0. The van der Waals surface area contributed by atoms with E-state index in [4.69, 9.17) is 0 Å². The van der Waals surface area contributed by atoms with Gasteiger partial charge in [-0.2, -0.15) is 0 Å². The fourth-order valence-corrected chi connectivity index (χ4v) is 2.81. The van der Waals surface area contributed by atoms with E-state index in [2.05, 4.69) is 55.2 Å². The molecule has 0 aromatic carbocycles. The first-order chi connectivity index (χ1) is 9.52. The summed E-state index contributed by atoms with van der Waals surface area (Å²) < 4.78 is 0. The second-order valence-corrected chi connectivity index (χ2v) is 6.65. The fourth-order valence-electron chi connectivity index (χ4n) is 1.88. The van der Waals surface area contributed by atoms with Crippen LogP contribution in [0.3, 0.4) is 0 Å². The van der Waals surface area contributed by atoms with Crippen LogP contribution >= 0.6 is 11.3 Å². The molecular weight excluding hydrogens is 268 g/mol. The quantitative estimate of drug-likeness (QED) is 0.601. The zero-order valence-electron chi connectivity index (χ0n) is 13.4. The molecule has 1 rings (SSSR count). The number of hydrogen-bond acceptors (Lipinski definition) is 3. The highest BCUT2D eigenvalue weighted by Gasteiger charge is 2.05. The molecule has 4 nitrogen and oxygen atoms in total. The van der Waals surface area contributed by atoms with Gasteiger partial charge >= 0.3 is 0 Å². The van der Waals surface area contributed by atoms with Gasteiger partial charge in [-0.05, 0) is 33.1 Å². The van der Waals surface area contributed by atoms with Crippen LogP contribution in [0.2, 0.25) is 0 Å². The predicted molar refractivity (Wildman–Crippen MR) is 88.7 cm³/mol. The monoisotopic (exact) mass is 296 g/mol. The molecule has 114 valence electrons. The van der Waals surface area contributed by atoms with Crippen LogP contribution in [0, 0.1) is 19.8 Å². The summed E-state index contributed by atoms with van der Waals surface area (Å²) in [5, 5.41) is 7.83. The van der Waals surface area contributed by atoms with Crippen LogP contribution in [-0.2, 0) is 6.42 Å². The number of nitrogens with zero attached hydrogens (tertiary/aromatic N) is 2. The van der Waals surface area contributed by atoms with E-state index >= 15 is 0 Å². The minimum Gasteiger partial charge on any atom is -0.357 e. The maximum atomic E-state index is 4.59. The van der Waals surface area contributed by atoms with Crippen molar-refractivity contribution in [3.63, 3.8) is 0 Å². The molecule has 0 atom stereocenters. The summed E-state index contributed by atoms with van der Waals surface area (Å²) >= 11 is 1.79. The van der Waals surface area contributed by atoms with Gasteiger partial charge in [0.15, 0.2) is 5.96 Å². The van der Waals surface area contributed by atoms with Gasteiger partial charge < -0.3 is 10.6 Å². The lowest BCUT2D eigenvalue weighted by atomic mass is 10.1. The standard InChI is InChI=1S/C15H28N4S/c1-6-16-15(17-9-7-11(2)3)18-10-8-14-12(4)19-13(5)20-14/h11H,6-10H2,1-5H3,(H2,16,17,18). The van der Waals surface area contributed by atoms with Crippen LogP contribution in [-0.4, -0.2) is 30.6 Å². The number of aryl methyl sites for hydroxylation is 2. The van der Waals surface area contributed by atoms with Crippen molar-refractivity contribution in [3.05, 3.63) is 15.6 Å². The molecule has 0 spiro atoms. The Labute approximate surface area is 127 Å².